The molecule has 0 spiro atoms. The second-order valence-electron chi connectivity index (χ2n) is 5.62. The molecule has 1 N–H and O–H groups in total. The second-order valence-corrected chi connectivity index (χ2v) is 5.62. The quantitative estimate of drug-likeness (QED) is 0.892. The summed E-state index contributed by atoms with van der Waals surface area (Å²) in [6.45, 7) is 0.291. The van der Waals surface area contributed by atoms with E-state index in [2.05, 4.69) is 5.10 Å². The van der Waals surface area contributed by atoms with Crippen LogP contribution in [0.1, 0.15) is 16.1 Å². The summed E-state index contributed by atoms with van der Waals surface area (Å²) in [5.74, 6) is -1.64. The van der Waals surface area contributed by atoms with Gasteiger partial charge in [-0.05, 0) is 30.3 Å². The highest BCUT2D eigenvalue weighted by Crippen LogP contribution is 2.28. The zero-order valence-electron chi connectivity index (χ0n) is 13.3. The first-order valence-electron chi connectivity index (χ1n) is 7.62. The number of amides is 1. The number of carbonyl (C=O) groups is 2. The van der Waals surface area contributed by atoms with Gasteiger partial charge in [-0.2, -0.15) is 18.3 Å². The molecule has 1 amide bonds. The minimum Gasteiger partial charge on any atom is -0.480 e. The lowest BCUT2D eigenvalue weighted by molar-refractivity contribution is -0.147. The van der Waals surface area contributed by atoms with Crippen molar-refractivity contribution in [2.45, 2.75) is 12.2 Å². The van der Waals surface area contributed by atoms with Crippen LogP contribution >= 0.6 is 0 Å². The van der Waals surface area contributed by atoms with Gasteiger partial charge in [0.05, 0.1) is 18.9 Å². The Kier molecular flexibility index (Phi) is 4.68. The van der Waals surface area contributed by atoms with Gasteiger partial charge >= 0.3 is 12.1 Å². The molecule has 0 saturated carbocycles. The van der Waals surface area contributed by atoms with Gasteiger partial charge < -0.3 is 14.7 Å². The zero-order chi connectivity index (χ0) is 18.9. The van der Waals surface area contributed by atoms with Crippen LogP contribution in [-0.2, 0) is 15.7 Å². The Hall–Kier alpha value is -2.88. The van der Waals surface area contributed by atoms with E-state index in [9.17, 15) is 27.9 Å². The minimum absolute atomic E-state index is 0.0906. The molecule has 0 radical (unpaired) electrons. The Bertz CT molecular complexity index is 817. The van der Waals surface area contributed by atoms with Gasteiger partial charge in [0.25, 0.3) is 5.91 Å². The number of hydrogen-bond acceptors (Lipinski definition) is 4. The summed E-state index contributed by atoms with van der Waals surface area (Å²) in [6, 6.07) is 5.50. The van der Waals surface area contributed by atoms with Crippen molar-refractivity contribution in [3.8, 4) is 5.69 Å². The Morgan fingerprint density at radius 3 is 2.46 bits per heavy atom. The molecule has 2 aromatic rings. The molecule has 1 aliphatic heterocycles. The third kappa shape index (κ3) is 3.54. The van der Waals surface area contributed by atoms with Crippen LogP contribution in [0.15, 0.2) is 36.5 Å². The van der Waals surface area contributed by atoms with Crippen LogP contribution in [0.2, 0.25) is 0 Å². The van der Waals surface area contributed by atoms with Gasteiger partial charge in [-0.3, -0.25) is 4.79 Å². The maximum atomic E-state index is 12.6. The number of hydrogen-bond donors (Lipinski definition) is 1. The molecule has 0 unspecified atom stereocenters. The molecule has 1 aliphatic rings. The van der Waals surface area contributed by atoms with E-state index in [1.165, 1.54) is 35.4 Å². The van der Waals surface area contributed by atoms with E-state index in [4.69, 9.17) is 4.74 Å². The highest BCUT2D eigenvalue weighted by atomic mass is 19.4. The molecule has 138 valence electrons. The minimum atomic E-state index is -4.54. The van der Waals surface area contributed by atoms with E-state index >= 15 is 0 Å². The van der Waals surface area contributed by atoms with E-state index in [1.807, 2.05) is 0 Å². The van der Waals surface area contributed by atoms with Gasteiger partial charge in [-0.25, -0.2) is 9.48 Å². The number of nitrogens with zero attached hydrogens (tertiary/aromatic N) is 3. The van der Waals surface area contributed by atoms with E-state index in [-0.39, 0.29) is 25.3 Å². The van der Waals surface area contributed by atoms with Crippen molar-refractivity contribution in [3.63, 3.8) is 0 Å². The standard InChI is InChI=1S/C16H14F3N3O4/c17-16(18,19)13-5-6-22(20-13)11-3-1-10(2-4-11)14(23)21-7-8-26-9-12(21)15(24)25/h1-6,12H,7-9H2,(H,24,25)/t12-/m0/s1. The van der Waals surface area contributed by atoms with Crippen molar-refractivity contribution in [1.82, 2.24) is 14.7 Å². The van der Waals surface area contributed by atoms with Gasteiger partial charge in [0.1, 0.15) is 0 Å². The van der Waals surface area contributed by atoms with Crippen LogP contribution in [0.4, 0.5) is 13.2 Å². The largest absolute Gasteiger partial charge is 0.480 e. The maximum absolute atomic E-state index is 12.6. The topological polar surface area (TPSA) is 84.7 Å². The molecule has 0 bridgehead atoms. The number of carbonyl (C=O) groups excluding carboxylic acids is 1. The highest BCUT2D eigenvalue weighted by Gasteiger charge is 2.34. The molecular weight excluding hydrogens is 355 g/mol. The lowest BCUT2D eigenvalue weighted by Gasteiger charge is -2.32. The number of benzene rings is 1. The Labute approximate surface area is 145 Å². The first kappa shape index (κ1) is 17.9. The van der Waals surface area contributed by atoms with Crippen molar-refractivity contribution in [1.29, 1.82) is 0 Å². The summed E-state index contributed by atoms with van der Waals surface area (Å²) in [5, 5.41) is 12.6. The third-order valence-corrected chi connectivity index (χ3v) is 3.93. The number of rotatable bonds is 3. The van der Waals surface area contributed by atoms with Crippen molar-refractivity contribution >= 4 is 11.9 Å². The summed E-state index contributed by atoms with van der Waals surface area (Å²) in [7, 11) is 0. The Morgan fingerprint density at radius 2 is 1.88 bits per heavy atom. The van der Waals surface area contributed by atoms with Gasteiger partial charge in [0.2, 0.25) is 0 Å². The maximum Gasteiger partial charge on any atom is 0.435 e. The highest BCUT2D eigenvalue weighted by molar-refractivity contribution is 5.97. The molecule has 1 aromatic heterocycles. The van der Waals surface area contributed by atoms with Crippen LogP contribution in [-0.4, -0.2) is 57.5 Å². The normalized spacial score (nSPS) is 18.0. The predicted octanol–water partition coefficient (Wildman–Crippen LogP) is 1.82. The fraction of sp³-hybridized carbons (Fsp3) is 0.312. The second kappa shape index (κ2) is 6.79. The van der Waals surface area contributed by atoms with Crippen LogP contribution in [0.5, 0.6) is 0 Å². The number of ether oxygens (including phenoxy) is 1. The number of aromatic nitrogens is 2. The van der Waals surface area contributed by atoms with E-state index < -0.39 is 29.8 Å². The average molecular weight is 369 g/mol. The molecule has 1 fully saturated rings. The third-order valence-electron chi connectivity index (χ3n) is 3.93. The van der Waals surface area contributed by atoms with E-state index in [0.717, 1.165) is 10.7 Å². The zero-order valence-corrected chi connectivity index (χ0v) is 13.3. The molecule has 1 saturated heterocycles. The number of morpholine rings is 1. The van der Waals surface area contributed by atoms with Gasteiger partial charge in [-0.1, -0.05) is 0 Å². The fourth-order valence-corrected chi connectivity index (χ4v) is 2.59. The monoisotopic (exact) mass is 369 g/mol. The summed E-state index contributed by atoms with van der Waals surface area (Å²) >= 11 is 0. The molecule has 0 aliphatic carbocycles. The molecule has 2 heterocycles. The van der Waals surface area contributed by atoms with Crippen molar-refractivity contribution < 1.29 is 32.6 Å². The van der Waals surface area contributed by atoms with Gasteiger partial charge in [0, 0.05) is 18.3 Å². The van der Waals surface area contributed by atoms with Crippen LogP contribution < -0.4 is 0 Å². The van der Waals surface area contributed by atoms with Gasteiger partial charge in [0.15, 0.2) is 11.7 Å². The summed E-state index contributed by atoms with van der Waals surface area (Å²) in [6.07, 6.45) is -3.37. The summed E-state index contributed by atoms with van der Waals surface area (Å²) in [5.41, 5.74) is -0.450. The number of aliphatic carboxylic acids is 1. The molecule has 26 heavy (non-hydrogen) atoms. The predicted molar refractivity (Wildman–Crippen MR) is 81.8 cm³/mol. The van der Waals surface area contributed by atoms with Crippen molar-refractivity contribution in [3.05, 3.63) is 47.8 Å². The molecule has 7 nitrogen and oxygen atoms in total. The summed E-state index contributed by atoms with van der Waals surface area (Å²) < 4.78 is 44.0. The van der Waals surface area contributed by atoms with Crippen LogP contribution in [0, 0.1) is 0 Å². The fourth-order valence-electron chi connectivity index (χ4n) is 2.59. The lowest BCUT2D eigenvalue weighted by Crippen LogP contribution is -2.52. The SMILES string of the molecule is O=C(O)[C@@H]1COCCN1C(=O)c1ccc(-n2ccc(C(F)(F)F)n2)cc1. The van der Waals surface area contributed by atoms with Crippen molar-refractivity contribution in [2.24, 2.45) is 0 Å². The van der Waals surface area contributed by atoms with E-state index in [1.54, 1.807) is 0 Å². The molecule has 1 aromatic carbocycles. The first-order chi connectivity index (χ1) is 12.3. The molecule has 3 rings (SSSR count). The van der Waals surface area contributed by atoms with Crippen LogP contribution in [0.25, 0.3) is 5.69 Å². The lowest BCUT2D eigenvalue weighted by atomic mass is 10.1. The molecular formula is C16H14F3N3O4. The van der Waals surface area contributed by atoms with Crippen LogP contribution in [0.3, 0.4) is 0 Å². The molecule has 1 atom stereocenters. The number of carboxylic acids is 1. The van der Waals surface area contributed by atoms with Gasteiger partial charge in [-0.15, -0.1) is 0 Å². The van der Waals surface area contributed by atoms with Crippen molar-refractivity contribution in [2.75, 3.05) is 19.8 Å². The Balaban J connectivity index is 1.79. The first-order valence-corrected chi connectivity index (χ1v) is 7.62. The number of carboxylic acid groups (broad SMARTS) is 1. The number of halogens is 3. The summed E-state index contributed by atoms with van der Waals surface area (Å²) in [4.78, 5) is 25.0. The number of alkyl halides is 3. The average Bonchev–Trinajstić information content (AvgIpc) is 3.12. The van der Waals surface area contributed by atoms with E-state index in [0.29, 0.717) is 5.69 Å². The smallest absolute Gasteiger partial charge is 0.435 e. The Morgan fingerprint density at radius 1 is 1.19 bits per heavy atom. The molecule has 10 heteroatoms.